The summed E-state index contributed by atoms with van der Waals surface area (Å²) in [5.74, 6) is 0.550. The standard InChI is InChI=1S/C20H26N2/c1-15-6-8-17(9-7-15)12-22-13-19(11-20(21)14-22)18-5-3-4-16(2)10-18/h3-10,19-20H,11-14,21H2,1-2H3. The van der Waals surface area contributed by atoms with E-state index in [1.54, 1.807) is 0 Å². The van der Waals surface area contributed by atoms with Crippen LogP contribution in [0.1, 0.15) is 34.6 Å². The molecule has 116 valence electrons. The summed E-state index contributed by atoms with van der Waals surface area (Å²) in [5.41, 5.74) is 11.8. The Morgan fingerprint density at radius 3 is 2.50 bits per heavy atom. The molecule has 1 heterocycles. The van der Waals surface area contributed by atoms with Crippen LogP contribution in [0, 0.1) is 13.8 Å². The van der Waals surface area contributed by atoms with Gasteiger partial charge in [0.2, 0.25) is 0 Å². The molecule has 2 unspecified atom stereocenters. The van der Waals surface area contributed by atoms with E-state index in [-0.39, 0.29) is 6.04 Å². The Hall–Kier alpha value is -1.64. The number of piperidine rings is 1. The third kappa shape index (κ3) is 3.76. The summed E-state index contributed by atoms with van der Waals surface area (Å²) in [6.45, 7) is 7.39. The minimum atomic E-state index is 0.268. The van der Waals surface area contributed by atoms with Gasteiger partial charge in [0.25, 0.3) is 0 Å². The molecule has 0 amide bonds. The molecule has 2 N–H and O–H groups in total. The van der Waals surface area contributed by atoms with Crippen LogP contribution >= 0.6 is 0 Å². The lowest BCUT2D eigenvalue weighted by molar-refractivity contribution is 0.181. The van der Waals surface area contributed by atoms with E-state index in [2.05, 4.69) is 67.3 Å². The van der Waals surface area contributed by atoms with Gasteiger partial charge in [0.15, 0.2) is 0 Å². The second-order valence-electron chi connectivity index (χ2n) is 6.79. The Bertz CT molecular complexity index is 618. The monoisotopic (exact) mass is 294 g/mol. The Balaban J connectivity index is 1.72. The van der Waals surface area contributed by atoms with Gasteiger partial charge in [0.1, 0.15) is 0 Å². The highest BCUT2D eigenvalue weighted by molar-refractivity contribution is 5.27. The number of hydrogen-bond donors (Lipinski definition) is 1. The number of aryl methyl sites for hydroxylation is 2. The lowest BCUT2D eigenvalue weighted by atomic mass is 9.87. The molecule has 22 heavy (non-hydrogen) atoms. The highest BCUT2D eigenvalue weighted by atomic mass is 15.1. The predicted octanol–water partition coefficient (Wildman–Crippen LogP) is 3.62. The summed E-state index contributed by atoms with van der Waals surface area (Å²) in [7, 11) is 0. The molecule has 0 bridgehead atoms. The quantitative estimate of drug-likeness (QED) is 0.937. The van der Waals surface area contributed by atoms with E-state index in [0.29, 0.717) is 5.92 Å². The van der Waals surface area contributed by atoms with Gasteiger partial charge in [0.05, 0.1) is 0 Å². The fraction of sp³-hybridized carbons (Fsp3) is 0.400. The van der Waals surface area contributed by atoms with E-state index < -0.39 is 0 Å². The first kappa shape index (κ1) is 15.3. The zero-order valence-electron chi connectivity index (χ0n) is 13.6. The Morgan fingerprint density at radius 1 is 1.00 bits per heavy atom. The van der Waals surface area contributed by atoms with Crippen LogP contribution in [0.15, 0.2) is 48.5 Å². The normalized spacial score (nSPS) is 22.7. The SMILES string of the molecule is Cc1ccc(CN2CC(N)CC(c3cccc(C)c3)C2)cc1. The van der Waals surface area contributed by atoms with Crippen molar-refractivity contribution in [2.24, 2.45) is 5.73 Å². The lowest BCUT2D eigenvalue weighted by Crippen LogP contribution is -2.45. The first-order valence-corrected chi connectivity index (χ1v) is 8.20. The molecule has 0 aliphatic carbocycles. The fourth-order valence-electron chi connectivity index (χ4n) is 3.48. The highest BCUT2D eigenvalue weighted by Gasteiger charge is 2.26. The maximum absolute atomic E-state index is 6.33. The largest absolute Gasteiger partial charge is 0.327 e. The van der Waals surface area contributed by atoms with Crippen LogP contribution in [0.3, 0.4) is 0 Å². The molecule has 1 saturated heterocycles. The van der Waals surface area contributed by atoms with Crippen LogP contribution in [-0.4, -0.2) is 24.0 Å². The Kier molecular flexibility index (Phi) is 4.60. The van der Waals surface area contributed by atoms with Gasteiger partial charge >= 0.3 is 0 Å². The van der Waals surface area contributed by atoms with E-state index in [1.165, 1.54) is 22.3 Å². The van der Waals surface area contributed by atoms with Crippen LogP contribution in [0.5, 0.6) is 0 Å². The topological polar surface area (TPSA) is 29.3 Å². The molecule has 2 heteroatoms. The third-order valence-electron chi connectivity index (χ3n) is 4.60. The van der Waals surface area contributed by atoms with E-state index >= 15 is 0 Å². The van der Waals surface area contributed by atoms with Gasteiger partial charge in [-0.15, -0.1) is 0 Å². The number of likely N-dealkylation sites (tertiary alicyclic amines) is 1. The molecule has 0 radical (unpaired) electrons. The molecular weight excluding hydrogens is 268 g/mol. The number of rotatable bonds is 3. The maximum Gasteiger partial charge on any atom is 0.0234 e. The second kappa shape index (κ2) is 6.64. The van der Waals surface area contributed by atoms with Crippen LogP contribution in [-0.2, 0) is 6.54 Å². The zero-order valence-corrected chi connectivity index (χ0v) is 13.6. The molecule has 3 rings (SSSR count). The number of benzene rings is 2. The van der Waals surface area contributed by atoms with E-state index in [4.69, 9.17) is 5.73 Å². The van der Waals surface area contributed by atoms with Crippen molar-refractivity contribution >= 4 is 0 Å². The Morgan fingerprint density at radius 2 is 1.77 bits per heavy atom. The predicted molar refractivity (Wildman–Crippen MR) is 93.0 cm³/mol. The first-order chi connectivity index (χ1) is 10.6. The molecule has 1 fully saturated rings. The lowest BCUT2D eigenvalue weighted by Gasteiger charge is -2.36. The molecule has 2 nitrogen and oxygen atoms in total. The number of nitrogens with zero attached hydrogens (tertiary/aromatic N) is 1. The van der Waals surface area contributed by atoms with Crippen LogP contribution < -0.4 is 5.73 Å². The van der Waals surface area contributed by atoms with Crippen molar-refractivity contribution in [2.45, 2.75) is 38.8 Å². The average molecular weight is 294 g/mol. The molecular formula is C20H26N2. The van der Waals surface area contributed by atoms with Gasteiger partial charge in [-0.05, 0) is 37.3 Å². The van der Waals surface area contributed by atoms with Crippen molar-refractivity contribution < 1.29 is 0 Å². The van der Waals surface area contributed by atoms with Gasteiger partial charge in [-0.3, -0.25) is 4.90 Å². The summed E-state index contributed by atoms with van der Waals surface area (Å²) < 4.78 is 0. The summed E-state index contributed by atoms with van der Waals surface area (Å²) in [5, 5.41) is 0. The van der Waals surface area contributed by atoms with Crippen molar-refractivity contribution in [1.29, 1.82) is 0 Å². The molecule has 0 aromatic heterocycles. The summed E-state index contributed by atoms with van der Waals surface area (Å²) >= 11 is 0. The van der Waals surface area contributed by atoms with E-state index in [9.17, 15) is 0 Å². The summed E-state index contributed by atoms with van der Waals surface area (Å²) in [6, 6.07) is 18.0. The minimum Gasteiger partial charge on any atom is -0.327 e. The number of nitrogens with two attached hydrogens (primary N) is 1. The van der Waals surface area contributed by atoms with Crippen molar-refractivity contribution in [3.63, 3.8) is 0 Å². The van der Waals surface area contributed by atoms with E-state index in [1.807, 2.05) is 0 Å². The third-order valence-corrected chi connectivity index (χ3v) is 4.60. The molecule has 0 spiro atoms. The molecule has 0 saturated carbocycles. The molecule has 2 atom stereocenters. The minimum absolute atomic E-state index is 0.268. The van der Waals surface area contributed by atoms with Crippen molar-refractivity contribution in [1.82, 2.24) is 4.90 Å². The van der Waals surface area contributed by atoms with Crippen molar-refractivity contribution in [3.05, 3.63) is 70.8 Å². The smallest absolute Gasteiger partial charge is 0.0234 e. The molecule has 2 aromatic carbocycles. The first-order valence-electron chi connectivity index (χ1n) is 8.20. The van der Waals surface area contributed by atoms with Crippen LogP contribution in [0.25, 0.3) is 0 Å². The summed E-state index contributed by atoms with van der Waals surface area (Å²) in [4.78, 5) is 2.51. The van der Waals surface area contributed by atoms with Gasteiger partial charge in [-0.2, -0.15) is 0 Å². The summed E-state index contributed by atoms with van der Waals surface area (Å²) in [6.07, 6.45) is 1.09. The molecule has 1 aliphatic rings. The van der Waals surface area contributed by atoms with Gasteiger partial charge < -0.3 is 5.73 Å². The second-order valence-corrected chi connectivity index (χ2v) is 6.79. The maximum atomic E-state index is 6.33. The van der Waals surface area contributed by atoms with Crippen LogP contribution in [0.2, 0.25) is 0 Å². The fourth-order valence-corrected chi connectivity index (χ4v) is 3.48. The number of hydrogen-bond acceptors (Lipinski definition) is 2. The molecule has 2 aromatic rings. The van der Waals surface area contributed by atoms with Gasteiger partial charge in [0, 0.05) is 25.7 Å². The highest BCUT2D eigenvalue weighted by Crippen LogP contribution is 2.27. The zero-order chi connectivity index (χ0) is 15.5. The van der Waals surface area contributed by atoms with E-state index in [0.717, 1.165) is 26.1 Å². The Labute approximate surface area is 134 Å². The molecule has 1 aliphatic heterocycles. The van der Waals surface area contributed by atoms with Crippen molar-refractivity contribution in [2.75, 3.05) is 13.1 Å². The van der Waals surface area contributed by atoms with Gasteiger partial charge in [-0.1, -0.05) is 59.7 Å². The van der Waals surface area contributed by atoms with Crippen molar-refractivity contribution in [3.8, 4) is 0 Å². The van der Waals surface area contributed by atoms with Gasteiger partial charge in [-0.25, -0.2) is 0 Å². The van der Waals surface area contributed by atoms with Crippen LogP contribution in [0.4, 0.5) is 0 Å². The average Bonchev–Trinajstić information content (AvgIpc) is 2.49.